The summed E-state index contributed by atoms with van der Waals surface area (Å²) in [5.41, 5.74) is 2.84. The Labute approximate surface area is 105 Å². The van der Waals surface area contributed by atoms with Gasteiger partial charge in [-0.05, 0) is 22.8 Å². The van der Waals surface area contributed by atoms with Gasteiger partial charge in [0, 0.05) is 19.3 Å². The van der Waals surface area contributed by atoms with E-state index in [9.17, 15) is 4.39 Å². The van der Waals surface area contributed by atoms with Crippen LogP contribution in [0.3, 0.4) is 0 Å². The van der Waals surface area contributed by atoms with Gasteiger partial charge in [0.2, 0.25) is 0 Å². The summed E-state index contributed by atoms with van der Waals surface area (Å²) in [5.74, 6) is -0.318. The van der Waals surface area contributed by atoms with Crippen LogP contribution in [0.4, 0.5) is 4.39 Å². The van der Waals surface area contributed by atoms with Crippen molar-refractivity contribution in [2.24, 2.45) is 0 Å². The number of halogens is 1. The number of aliphatic hydroxyl groups excluding tert-OH is 1. The Hall–Kier alpha value is -1.78. The Balaban J connectivity index is 1.84. The lowest BCUT2D eigenvalue weighted by Gasteiger charge is -2.05. The van der Waals surface area contributed by atoms with E-state index in [0.717, 1.165) is 16.7 Å². The van der Waals surface area contributed by atoms with Gasteiger partial charge >= 0.3 is 0 Å². The lowest BCUT2D eigenvalue weighted by atomic mass is 10.1. The van der Waals surface area contributed by atoms with Crippen molar-refractivity contribution in [2.45, 2.75) is 19.7 Å². The van der Waals surface area contributed by atoms with Crippen molar-refractivity contribution >= 4 is 0 Å². The molecule has 0 saturated heterocycles. The molecule has 1 aromatic carbocycles. The average Bonchev–Trinajstić information content (AvgIpc) is 2.40. The third-order valence-electron chi connectivity index (χ3n) is 2.63. The molecule has 4 heteroatoms. The highest BCUT2D eigenvalue weighted by molar-refractivity contribution is 5.22. The number of rotatable bonds is 5. The molecule has 18 heavy (non-hydrogen) atoms. The van der Waals surface area contributed by atoms with E-state index in [1.54, 1.807) is 6.20 Å². The molecule has 0 bridgehead atoms. The summed E-state index contributed by atoms with van der Waals surface area (Å²) in [5, 5.41) is 12.1. The quantitative estimate of drug-likeness (QED) is 0.848. The topological polar surface area (TPSA) is 45.1 Å². The molecule has 0 amide bonds. The zero-order valence-electron chi connectivity index (χ0n) is 9.94. The van der Waals surface area contributed by atoms with Crippen LogP contribution in [0, 0.1) is 5.82 Å². The molecule has 0 aliphatic heterocycles. The second-order valence-electron chi connectivity index (χ2n) is 4.09. The standard InChI is InChI=1S/C14H15FN2O/c15-14-5-13(8-17-9-14)7-16-6-11-1-3-12(10-18)4-2-11/h1-5,8-9,16,18H,6-7,10H2. The average molecular weight is 246 g/mol. The monoisotopic (exact) mass is 246 g/mol. The van der Waals surface area contributed by atoms with E-state index in [4.69, 9.17) is 5.11 Å². The second kappa shape index (κ2) is 6.23. The molecule has 0 aliphatic carbocycles. The summed E-state index contributed by atoms with van der Waals surface area (Å²) in [4.78, 5) is 3.79. The maximum atomic E-state index is 12.9. The van der Waals surface area contributed by atoms with E-state index in [0.29, 0.717) is 13.1 Å². The van der Waals surface area contributed by atoms with E-state index in [1.165, 1.54) is 12.3 Å². The highest BCUT2D eigenvalue weighted by Crippen LogP contribution is 2.05. The smallest absolute Gasteiger partial charge is 0.141 e. The Morgan fingerprint density at radius 2 is 1.67 bits per heavy atom. The molecule has 94 valence electrons. The number of benzene rings is 1. The van der Waals surface area contributed by atoms with Gasteiger partial charge in [-0.1, -0.05) is 24.3 Å². The van der Waals surface area contributed by atoms with Crippen molar-refractivity contribution in [1.29, 1.82) is 0 Å². The van der Waals surface area contributed by atoms with E-state index in [-0.39, 0.29) is 12.4 Å². The summed E-state index contributed by atoms with van der Waals surface area (Å²) in [6.07, 6.45) is 2.84. The molecule has 2 rings (SSSR count). The largest absolute Gasteiger partial charge is 0.392 e. The van der Waals surface area contributed by atoms with E-state index in [2.05, 4.69) is 10.3 Å². The normalized spacial score (nSPS) is 10.6. The van der Waals surface area contributed by atoms with Gasteiger partial charge in [0.25, 0.3) is 0 Å². The Morgan fingerprint density at radius 1 is 1.00 bits per heavy atom. The molecule has 0 spiro atoms. The van der Waals surface area contributed by atoms with Gasteiger partial charge in [-0.3, -0.25) is 4.98 Å². The van der Waals surface area contributed by atoms with Crippen LogP contribution in [0.2, 0.25) is 0 Å². The highest BCUT2D eigenvalue weighted by Gasteiger charge is 1.97. The zero-order chi connectivity index (χ0) is 12.8. The third kappa shape index (κ3) is 3.61. The minimum absolute atomic E-state index is 0.0582. The van der Waals surface area contributed by atoms with Crippen LogP contribution in [0.25, 0.3) is 0 Å². The Morgan fingerprint density at radius 3 is 2.33 bits per heavy atom. The van der Waals surface area contributed by atoms with Crippen molar-refractivity contribution < 1.29 is 9.50 Å². The van der Waals surface area contributed by atoms with Gasteiger partial charge in [0.1, 0.15) is 5.82 Å². The Kier molecular flexibility index (Phi) is 4.39. The van der Waals surface area contributed by atoms with Gasteiger partial charge in [-0.25, -0.2) is 4.39 Å². The molecule has 0 unspecified atom stereocenters. The molecule has 3 nitrogen and oxygen atoms in total. The number of pyridine rings is 1. The molecule has 1 aromatic heterocycles. The van der Waals surface area contributed by atoms with E-state index < -0.39 is 0 Å². The van der Waals surface area contributed by atoms with Gasteiger partial charge in [0.15, 0.2) is 0 Å². The van der Waals surface area contributed by atoms with Gasteiger partial charge < -0.3 is 10.4 Å². The summed E-state index contributed by atoms with van der Waals surface area (Å²) in [6.45, 7) is 1.33. The van der Waals surface area contributed by atoms with E-state index in [1.807, 2.05) is 24.3 Å². The molecule has 2 aromatic rings. The van der Waals surface area contributed by atoms with Crippen LogP contribution in [0.5, 0.6) is 0 Å². The fourth-order valence-corrected chi connectivity index (χ4v) is 1.67. The number of hydrogen-bond donors (Lipinski definition) is 2. The van der Waals surface area contributed by atoms with Crippen LogP contribution < -0.4 is 5.32 Å². The minimum atomic E-state index is -0.318. The molecule has 0 radical (unpaired) electrons. The fourth-order valence-electron chi connectivity index (χ4n) is 1.67. The van der Waals surface area contributed by atoms with Crippen LogP contribution in [0.15, 0.2) is 42.7 Å². The number of hydrogen-bond acceptors (Lipinski definition) is 3. The van der Waals surface area contributed by atoms with Crippen molar-refractivity contribution in [1.82, 2.24) is 10.3 Å². The lowest BCUT2D eigenvalue weighted by molar-refractivity contribution is 0.282. The van der Waals surface area contributed by atoms with Gasteiger partial charge in [-0.2, -0.15) is 0 Å². The molecule has 2 N–H and O–H groups in total. The number of aliphatic hydroxyl groups is 1. The molecule has 1 heterocycles. The van der Waals surface area contributed by atoms with Crippen LogP contribution in [0.1, 0.15) is 16.7 Å². The second-order valence-corrected chi connectivity index (χ2v) is 4.09. The SMILES string of the molecule is OCc1ccc(CNCc2cncc(F)c2)cc1. The third-order valence-corrected chi connectivity index (χ3v) is 2.63. The summed E-state index contributed by atoms with van der Waals surface area (Å²) < 4.78 is 12.9. The predicted molar refractivity (Wildman–Crippen MR) is 67.1 cm³/mol. The van der Waals surface area contributed by atoms with E-state index >= 15 is 0 Å². The van der Waals surface area contributed by atoms with Gasteiger partial charge in [-0.15, -0.1) is 0 Å². The first-order valence-electron chi connectivity index (χ1n) is 5.77. The highest BCUT2D eigenvalue weighted by atomic mass is 19.1. The fraction of sp³-hybridized carbons (Fsp3) is 0.214. The van der Waals surface area contributed by atoms with Crippen molar-refractivity contribution in [3.05, 3.63) is 65.2 Å². The zero-order valence-corrected chi connectivity index (χ0v) is 9.94. The van der Waals surface area contributed by atoms with Crippen molar-refractivity contribution in [2.75, 3.05) is 0 Å². The van der Waals surface area contributed by atoms with Gasteiger partial charge in [0.05, 0.1) is 12.8 Å². The Bertz CT molecular complexity index is 499. The first kappa shape index (κ1) is 12.7. The minimum Gasteiger partial charge on any atom is -0.392 e. The van der Waals surface area contributed by atoms with Crippen LogP contribution in [-0.4, -0.2) is 10.1 Å². The molecule has 0 atom stereocenters. The summed E-state index contributed by atoms with van der Waals surface area (Å²) in [6, 6.07) is 9.17. The molecule has 0 saturated carbocycles. The molecular formula is C14H15FN2O. The first-order chi connectivity index (χ1) is 8.78. The molecular weight excluding hydrogens is 231 g/mol. The molecule has 0 aliphatic rings. The van der Waals surface area contributed by atoms with Crippen molar-refractivity contribution in [3.63, 3.8) is 0 Å². The summed E-state index contributed by atoms with van der Waals surface area (Å²) >= 11 is 0. The predicted octanol–water partition coefficient (Wildman–Crippen LogP) is 2.00. The maximum absolute atomic E-state index is 12.9. The maximum Gasteiger partial charge on any atom is 0.141 e. The number of nitrogens with zero attached hydrogens (tertiary/aromatic N) is 1. The first-order valence-corrected chi connectivity index (χ1v) is 5.77. The van der Waals surface area contributed by atoms with Crippen molar-refractivity contribution in [3.8, 4) is 0 Å². The number of aromatic nitrogens is 1. The van der Waals surface area contributed by atoms with Crippen LogP contribution >= 0.6 is 0 Å². The van der Waals surface area contributed by atoms with Crippen LogP contribution in [-0.2, 0) is 19.7 Å². The lowest BCUT2D eigenvalue weighted by Crippen LogP contribution is -2.13. The summed E-state index contributed by atoms with van der Waals surface area (Å²) in [7, 11) is 0. The molecule has 0 fully saturated rings. The number of nitrogens with one attached hydrogen (secondary N) is 1.